The van der Waals surface area contributed by atoms with Crippen LogP contribution in [0.25, 0.3) is 34.2 Å². The van der Waals surface area contributed by atoms with Crippen LogP contribution < -0.4 is 11.5 Å². The van der Waals surface area contributed by atoms with Gasteiger partial charge in [0.2, 0.25) is 0 Å². The highest BCUT2D eigenvalue weighted by Gasteiger charge is 2.23. The number of thiophene rings is 4. The van der Waals surface area contributed by atoms with Gasteiger partial charge in [-0.2, -0.15) is 0 Å². The molecule has 0 radical (unpaired) electrons. The molecule has 5 rings (SSSR count). The summed E-state index contributed by atoms with van der Waals surface area (Å²) in [4.78, 5) is 10.9. The van der Waals surface area contributed by atoms with E-state index in [0.717, 1.165) is 12.8 Å². The molecule has 2 nitrogen and oxygen atoms in total. The molecule has 4 heterocycles. The summed E-state index contributed by atoms with van der Waals surface area (Å²) in [7, 11) is 0. The number of allylic oxidation sites excluding steroid dienone is 2. The molecule has 0 atom stereocenters. The van der Waals surface area contributed by atoms with Crippen LogP contribution in [0.2, 0.25) is 0 Å². The van der Waals surface area contributed by atoms with E-state index in [1.54, 1.807) is 16.9 Å². The van der Waals surface area contributed by atoms with Crippen LogP contribution in [-0.2, 0) is 12.8 Å². The Balaban J connectivity index is 1.52. The Hall–Kier alpha value is -1.45. The molecular weight excluding hydrogens is 513 g/mol. The van der Waals surface area contributed by atoms with Crippen LogP contribution in [0.4, 0.5) is 0 Å². The number of nitrogens with two attached hydrogens (primary N) is 2. The molecule has 0 unspecified atom stereocenters. The summed E-state index contributed by atoms with van der Waals surface area (Å²) in [6, 6.07) is 13.7. The Bertz CT molecular complexity index is 1310. The smallest absolute Gasteiger partial charge is 0.0482 e. The van der Waals surface area contributed by atoms with Crippen LogP contribution in [0.3, 0.4) is 0 Å². The third-order valence-corrected chi connectivity index (χ3v) is 11.8. The lowest BCUT2D eigenvalue weighted by molar-refractivity contribution is 0.976. The van der Waals surface area contributed by atoms with Crippen molar-refractivity contribution in [2.24, 2.45) is 11.5 Å². The SMILES string of the molecule is CC=CSC(=C1CC1)c1cc(CCN)c(-c2ccc(-c3sc(-c4cccs4)cc3CCN)s2)s1. The number of thioether (sulfide) groups is 1. The highest BCUT2D eigenvalue weighted by molar-refractivity contribution is 8.11. The lowest BCUT2D eigenvalue weighted by atomic mass is 10.1. The van der Waals surface area contributed by atoms with Gasteiger partial charge in [-0.25, -0.2) is 0 Å². The van der Waals surface area contributed by atoms with E-state index >= 15 is 0 Å². The van der Waals surface area contributed by atoms with Gasteiger partial charge in [-0.05, 0) is 97.9 Å². The molecule has 0 spiro atoms. The topological polar surface area (TPSA) is 52.0 Å². The maximum atomic E-state index is 6.01. The van der Waals surface area contributed by atoms with Crippen molar-refractivity contribution >= 4 is 62.0 Å². The third kappa shape index (κ3) is 5.21. The van der Waals surface area contributed by atoms with E-state index in [1.165, 1.54) is 63.0 Å². The van der Waals surface area contributed by atoms with Gasteiger partial charge < -0.3 is 11.5 Å². The van der Waals surface area contributed by atoms with E-state index in [1.807, 2.05) is 45.8 Å². The van der Waals surface area contributed by atoms with Gasteiger partial charge in [0.15, 0.2) is 0 Å². The molecule has 1 aliphatic carbocycles. The zero-order chi connectivity index (χ0) is 23.5. The highest BCUT2D eigenvalue weighted by Crippen LogP contribution is 2.50. The molecular formula is C27H28N2S5. The molecule has 1 saturated carbocycles. The lowest BCUT2D eigenvalue weighted by Crippen LogP contribution is -2.02. The molecule has 7 heteroatoms. The van der Waals surface area contributed by atoms with Gasteiger partial charge in [0, 0.05) is 39.0 Å². The second-order valence-corrected chi connectivity index (χ2v) is 13.2. The van der Waals surface area contributed by atoms with Crippen molar-refractivity contribution < 1.29 is 0 Å². The molecule has 0 aromatic carbocycles. The molecule has 0 amide bonds. The fourth-order valence-corrected chi connectivity index (χ4v) is 9.55. The monoisotopic (exact) mass is 540 g/mol. The first-order chi connectivity index (χ1) is 16.7. The van der Waals surface area contributed by atoms with Crippen molar-refractivity contribution in [3.8, 4) is 29.3 Å². The summed E-state index contributed by atoms with van der Waals surface area (Å²) >= 11 is 9.39. The van der Waals surface area contributed by atoms with Crippen molar-refractivity contribution in [3.05, 3.63) is 74.8 Å². The van der Waals surface area contributed by atoms with E-state index in [2.05, 4.69) is 60.2 Å². The molecule has 0 saturated heterocycles. The standard InChI is InChI=1S/C27H28N2S5/c1-2-13-31-25(17-5-6-17)24-16-19(10-12-29)27(34-24)22-8-7-21(32-22)26-18(9-11-28)15-23(33-26)20-4-3-14-30-20/h2-4,7-8,13-16H,5-6,9-12,28-29H2,1H3. The Labute approximate surface area is 222 Å². The lowest BCUT2D eigenvalue weighted by Gasteiger charge is -2.00. The predicted octanol–water partition coefficient (Wildman–Crippen LogP) is 8.71. The number of hydrogen-bond acceptors (Lipinski definition) is 7. The van der Waals surface area contributed by atoms with Gasteiger partial charge in [0.05, 0.1) is 0 Å². The molecule has 0 aliphatic heterocycles. The van der Waals surface area contributed by atoms with E-state index < -0.39 is 0 Å². The van der Waals surface area contributed by atoms with Gasteiger partial charge in [-0.1, -0.05) is 29.5 Å². The first-order valence-electron chi connectivity index (χ1n) is 11.5. The summed E-state index contributed by atoms with van der Waals surface area (Å²) in [5, 5.41) is 4.35. The molecule has 34 heavy (non-hydrogen) atoms. The summed E-state index contributed by atoms with van der Waals surface area (Å²) in [6.07, 6.45) is 6.41. The van der Waals surface area contributed by atoms with Crippen molar-refractivity contribution in [2.75, 3.05) is 13.1 Å². The Morgan fingerprint density at radius 1 is 0.882 bits per heavy atom. The maximum Gasteiger partial charge on any atom is 0.0482 e. The highest BCUT2D eigenvalue weighted by atomic mass is 32.2. The summed E-state index contributed by atoms with van der Waals surface area (Å²) in [5.74, 6) is 0. The normalized spacial score (nSPS) is 13.3. The van der Waals surface area contributed by atoms with E-state index in [0.29, 0.717) is 13.1 Å². The summed E-state index contributed by atoms with van der Waals surface area (Å²) < 4.78 is 0. The van der Waals surface area contributed by atoms with Crippen LogP contribution in [0.15, 0.2) is 58.8 Å². The zero-order valence-corrected chi connectivity index (χ0v) is 23.2. The maximum absolute atomic E-state index is 6.01. The molecule has 4 aromatic rings. The van der Waals surface area contributed by atoms with Crippen LogP contribution >= 0.6 is 57.1 Å². The van der Waals surface area contributed by atoms with Gasteiger partial charge >= 0.3 is 0 Å². The van der Waals surface area contributed by atoms with Gasteiger partial charge in [-0.15, -0.1) is 45.3 Å². The van der Waals surface area contributed by atoms with E-state index in [-0.39, 0.29) is 0 Å². The number of hydrogen-bond donors (Lipinski definition) is 2. The van der Waals surface area contributed by atoms with Gasteiger partial charge in [0.1, 0.15) is 0 Å². The average Bonchev–Trinajstić information content (AvgIpc) is 3.28. The minimum absolute atomic E-state index is 0.669. The van der Waals surface area contributed by atoms with Crippen LogP contribution in [0, 0.1) is 0 Å². The van der Waals surface area contributed by atoms with Crippen molar-refractivity contribution in [1.29, 1.82) is 0 Å². The molecule has 4 aromatic heterocycles. The Kier molecular flexibility index (Phi) is 7.90. The van der Waals surface area contributed by atoms with Crippen LogP contribution in [-0.4, -0.2) is 13.1 Å². The molecule has 1 aliphatic rings. The largest absolute Gasteiger partial charge is 0.330 e. The quantitative estimate of drug-likeness (QED) is 0.211. The molecule has 176 valence electrons. The van der Waals surface area contributed by atoms with Gasteiger partial charge in [-0.3, -0.25) is 0 Å². The van der Waals surface area contributed by atoms with E-state index in [9.17, 15) is 0 Å². The third-order valence-electron chi connectivity index (χ3n) is 5.63. The number of rotatable bonds is 10. The van der Waals surface area contributed by atoms with Gasteiger partial charge in [0.25, 0.3) is 0 Å². The minimum atomic E-state index is 0.669. The Morgan fingerprint density at radius 2 is 1.59 bits per heavy atom. The molecule has 4 N–H and O–H groups in total. The molecule has 1 fully saturated rings. The van der Waals surface area contributed by atoms with Crippen molar-refractivity contribution in [2.45, 2.75) is 32.6 Å². The fourth-order valence-electron chi connectivity index (χ4n) is 3.93. The molecule has 0 bridgehead atoms. The zero-order valence-electron chi connectivity index (χ0n) is 19.1. The van der Waals surface area contributed by atoms with Crippen molar-refractivity contribution in [3.63, 3.8) is 0 Å². The first-order valence-corrected chi connectivity index (χ1v) is 15.7. The summed E-state index contributed by atoms with van der Waals surface area (Å²) in [6.45, 7) is 3.43. The van der Waals surface area contributed by atoms with Crippen LogP contribution in [0.1, 0.15) is 35.8 Å². The van der Waals surface area contributed by atoms with Crippen LogP contribution in [0.5, 0.6) is 0 Å². The Morgan fingerprint density at radius 3 is 2.21 bits per heavy atom. The fraction of sp³-hybridized carbons (Fsp3) is 0.259. The van der Waals surface area contributed by atoms with Crippen molar-refractivity contribution in [1.82, 2.24) is 0 Å². The second-order valence-electron chi connectivity index (χ2n) is 8.17. The van der Waals surface area contributed by atoms with E-state index in [4.69, 9.17) is 11.5 Å². The minimum Gasteiger partial charge on any atom is -0.330 e. The summed E-state index contributed by atoms with van der Waals surface area (Å²) in [5.41, 5.74) is 16.3. The average molecular weight is 541 g/mol. The predicted molar refractivity (Wildman–Crippen MR) is 158 cm³/mol. The second kappa shape index (κ2) is 11.1. The first kappa shape index (κ1) is 24.3.